The van der Waals surface area contributed by atoms with Crippen LogP contribution in [0.3, 0.4) is 0 Å². The van der Waals surface area contributed by atoms with E-state index in [4.69, 9.17) is 0 Å². The number of aryl methyl sites for hydroxylation is 3. The Labute approximate surface area is 188 Å². The van der Waals surface area contributed by atoms with Crippen LogP contribution < -0.4 is 0 Å². The zero-order chi connectivity index (χ0) is 21.9. The molecule has 152 valence electrons. The van der Waals surface area contributed by atoms with Gasteiger partial charge >= 0.3 is 0 Å². The smallest absolute Gasteiger partial charge is 0.0613 e. The molecular formula is C30H27P. The van der Waals surface area contributed by atoms with Crippen molar-refractivity contribution in [2.45, 2.75) is 40.0 Å². The van der Waals surface area contributed by atoms with Gasteiger partial charge in [0, 0.05) is 16.7 Å². The summed E-state index contributed by atoms with van der Waals surface area (Å²) < 4.78 is 0. The summed E-state index contributed by atoms with van der Waals surface area (Å²) in [5.41, 5.74) is 17.0. The molecule has 3 rings (SSSR count). The second-order valence-electron chi connectivity index (χ2n) is 7.20. The predicted molar refractivity (Wildman–Crippen MR) is 135 cm³/mol. The maximum Gasteiger partial charge on any atom is 0.128 e. The maximum absolute atomic E-state index is 3.33. The summed E-state index contributed by atoms with van der Waals surface area (Å²) in [5.74, 6) is 9.84. The van der Waals surface area contributed by atoms with Gasteiger partial charge < -0.3 is 0 Å². The highest BCUT2D eigenvalue weighted by Crippen LogP contribution is 2.31. The molecule has 0 fully saturated rings. The van der Waals surface area contributed by atoms with Crippen LogP contribution in [-0.4, -0.2) is 0 Å². The van der Waals surface area contributed by atoms with Crippen molar-refractivity contribution in [2.24, 2.45) is 0 Å². The van der Waals surface area contributed by atoms with Crippen molar-refractivity contribution in [1.29, 1.82) is 0 Å². The summed E-state index contributed by atoms with van der Waals surface area (Å²) in [6.45, 7) is 6.47. The Morgan fingerprint density at radius 2 is 0.710 bits per heavy atom. The Morgan fingerprint density at radius 1 is 0.452 bits per heavy atom. The zero-order valence-electron chi connectivity index (χ0n) is 18.5. The van der Waals surface area contributed by atoms with E-state index in [9.17, 15) is 0 Å². The lowest BCUT2D eigenvalue weighted by Crippen LogP contribution is -1.81. The molecule has 0 aromatic heterocycles. The van der Waals surface area contributed by atoms with Gasteiger partial charge in [0.15, 0.2) is 0 Å². The molecule has 1 heteroatoms. The lowest BCUT2D eigenvalue weighted by molar-refractivity contribution is 1.14. The van der Waals surface area contributed by atoms with Crippen LogP contribution in [0.5, 0.6) is 0 Å². The third-order valence-electron chi connectivity index (χ3n) is 5.02. The Hall–Kier alpha value is -3.23. The van der Waals surface area contributed by atoms with E-state index in [0.717, 1.165) is 36.0 Å². The van der Waals surface area contributed by atoms with Crippen LogP contribution in [0.1, 0.15) is 54.2 Å². The monoisotopic (exact) mass is 418 g/mol. The molecule has 3 aromatic carbocycles. The predicted octanol–water partition coefficient (Wildman–Crippen LogP) is 7.18. The first-order valence-corrected chi connectivity index (χ1v) is 12.2. The summed E-state index contributed by atoms with van der Waals surface area (Å²) in [5, 5.41) is 0. The van der Waals surface area contributed by atoms with E-state index < -0.39 is 7.92 Å². The fourth-order valence-corrected chi connectivity index (χ4v) is 3.81. The van der Waals surface area contributed by atoms with E-state index in [1.807, 2.05) is 0 Å². The van der Waals surface area contributed by atoms with Crippen LogP contribution in [0.25, 0.3) is 0 Å². The second kappa shape index (κ2) is 11.8. The molecule has 0 radical (unpaired) electrons. The molecule has 0 aliphatic carbocycles. The average Bonchev–Trinajstić information content (AvgIpc) is 2.84. The van der Waals surface area contributed by atoms with Crippen LogP contribution in [0.2, 0.25) is 0 Å². The lowest BCUT2D eigenvalue weighted by atomic mass is 10.1. The minimum absolute atomic E-state index is 1.01. The summed E-state index contributed by atoms with van der Waals surface area (Å²) >= 11 is 0. The fourth-order valence-electron chi connectivity index (χ4n) is 2.92. The SMILES string of the molecule is CCc1ccc(C#CP(C#Cc2ccc(CC)cc2)C#Cc2ccc(CC)cc2)cc1. The van der Waals surface area contributed by atoms with Crippen LogP contribution in [0, 0.1) is 34.7 Å². The third kappa shape index (κ3) is 7.20. The molecule has 31 heavy (non-hydrogen) atoms. The van der Waals surface area contributed by atoms with Gasteiger partial charge in [-0.05, 0) is 89.3 Å². The standard InChI is InChI=1S/C30H27P/c1-4-25-7-13-28(14-8-25)19-22-31(23-20-29-15-9-26(5-2)10-16-29)24-21-30-17-11-27(6-3)12-18-30/h7-18H,4-6H2,1-3H3. The molecule has 0 saturated heterocycles. The van der Waals surface area contributed by atoms with Crippen molar-refractivity contribution in [3.05, 3.63) is 106 Å². The van der Waals surface area contributed by atoms with E-state index in [2.05, 4.69) is 128 Å². The van der Waals surface area contributed by atoms with Crippen molar-refractivity contribution in [1.82, 2.24) is 0 Å². The molecule has 0 heterocycles. The van der Waals surface area contributed by atoms with Crippen molar-refractivity contribution < 1.29 is 0 Å². The summed E-state index contributed by atoms with van der Waals surface area (Å²) in [7, 11) is -1.05. The molecule has 0 unspecified atom stereocenters. The minimum atomic E-state index is -1.05. The first kappa shape index (κ1) is 22.5. The summed E-state index contributed by atoms with van der Waals surface area (Å²) in [6, 6.07) is 25.3. The highest BCUT2D eigenvalue weighted by molar-refractivity contribution is 7.72. The molecular weight excluding hydrogens is 391 g/mol. The van der Waals surface area contributed by atoms with Crippen LogP contribution in [0.15, 0.2) is 72.8 Å². The van der Waals surface area contributed by atoms with Gasteiger partial charge in [-0.25, -0.2) is 0 Å². The van der Waals surface area contributed by atoms with E-state index in [1.165, 1.54) is 16.7 Å². The number of benzene rings is 3. The Balaban J connectivity index is 1.87. The van der Waals surface area contributed by atoms with Gasteiger partial charge in [-0.1, -0.05) is 74.9 Å². The van der Waals surface area contributed by atoms with Crippen LogP contribution >= 0.6 is 7.92 Å². The van der Waals surface area contributed by atoms with Gasteiger partial charge in [-0.2, -0.15) is 0 Å². The first-order chi connectivity index (χ1) is 15.2. The normalized spacial score (nSPS) is 9.68. The van der Waals surface area contributed by atoms with Crippen molar-refractivity contribution in [3.8, 4) is 34.7 Å². The van der Waals surface area contributed by atoms with Gasteiger partial charge in [0.25, 0.3) is 0 Å². The van der Waals surface area contributed by atoms with Crippen molar-refractivity contribution >= 4 is 7.92 Å². The largest absolute Gasteiger partial charge is 0.128 e. The molecule has 0 aliphatic heterocycles. The molecule has 0 saturated carbocycles. The number of hydrogen-bond donors (Lipinski definition) is 0. The maximum atomic E-state index is 3.33. The Kier molecular flexibility index (Phi) is 8.57. The van der Waals surface area contributed by atoms with Gasteiger partial charge in [0.2, 0.25) is 0 Å². The van der Waals surface area contributed by atoms with E-state index >= 15 is 0 Å². The highest BCUT2D eigenvalue weighted by atomic mass is 31.1. The molecule has 0 bridgehead atoms. The van der Waals surface area contributed by atoms with Crippen molar-refractivity contribution in [3.63, 3.8) is 0 Å². The topological polar surface area (TPSA) is 0 Å². The van der Waals surface area contributed by atoms with E-state index in [1.54, 1.807) is 0 Å². The quantitative estimate of drug-likeness (QED) is 0.312. The summed E-state index contributed by atoms with van der Waals surface area (Å²) in [4.78, 5) is 0. The molecule has 0 aliphatic rings. The molecule has 0 atom stereocenters. The average molecular weight is 419 g/mol. The Morgan fingerprint density at radius 3 is 0.935 bits per heavy atom. The Bertz CT molecular complexity index is 1010. The number of rotatable bonds is 3. The minimum Gasteiger partial charge on any atom is -0.0613 e. The van der Waals surface area contributed by atoms with Crippen LogP contribution in [0.4, 0.5) is 0 Å². The summed E-state index contributed by atoms with van der Waals surface area (Å²) in [6.07, 6.45) is 3.10. The van der Waals surface area contributed by atoms with E-state index in [-0.39, 0.29) is 0 Å². The fraction of sp³-hybridized carbons (Fsp3) is 0.200. The van der Waals surface area contributed by atoms with Gasteiger partial charge in [-0.3, -0.25) is 0 Å². The second-order valence-corrected chi connectivity index (χ2v) is 8.54. The number of hydrogen-bond acceptors (Lipinski definition) is 0. The first-order valence-electron chi connectivity index (χ1n) is 10.8. The molecule has 0 amide bonds. The van der Waals surface area contributed by atoms with Gasteiger partial charge in [0.05, 0.1) is 0 Å². The van der Waals surface area contributed by atoms with Gasteiger partial charge in [0.1, 0.15) is 7.92 Å². The van der Waals surface area contributed by atoms with Gasteiger partial charge in [-0.15, -0.1) is 0 Å². The third-order valence-corrected chi connectivity index (χ3v) is 6.03. The highest BCUT2D eigenvalue weighted by Gasteiger charge is 1.97. The van der Waals surface area contributed by atoms with E-state index in [0.29, 0.717) is 0 Å². The molecule has 0 nitrogen and oxygen atoms in total. The zero-order valence-corrected chi connectivity index (χ0v) is 19.4. The van der Waals surface area contributed by atoms with Crippen molar-refractivity contribution in [2.75, 3.05) is 0 Å². The van der Waals surface area contributed by atoms with Crippen LogP contribution in [-0.2, 0) is 19.3 Å². The molecule has 0 N–H and O–H groups in total. The molecule has 0 spiro atoms. The lowest BCUT2D eigenvalue weighted by Gasteiger charge is -1.97. The molecule has 3 aromatic rings.